The maximum absolute atomic E-state index is 4.71. The van der Waals surface area contributed by atoms with E-state index in [-0.39, 0.29) is 4.32 Å². The Balaban J connectivity index is 0. The topological polar surface area (TPSA) is 38.9 Å². The summed E-state index contributed by atoms with van der Waals surface area (Å²) in [5.41, 5.74) is 4.71. The second-order valence-corrected chi connectivity index (χ2v) is 48.0. The molecule has 0 amide bonds. The van der Waals surface area contributed by atoms with Gasteiger partial charge in [0.05, 0.1) is 0 Å². The van der Waals surface area contributed by atoms with Gasteiger partial charge in [0.15, 0.2) is 0 Å². The Labute approximate surface area is 120 Å². The molecule has 1 aromatic rings. The van der Waals surface area contributed by atoms with Crippen LogP contribution in [0.2, 0.25) is 0 Å². The number of thiocarbonyl (C=S) groups is 1. The first-order chi connectivity index (χ1) is 6.46. The van der Waals surface area contributed by atoms with Gasteiger partial charge in [-0.15, -0.1) is 12.6 Å². The fourth-order valence-corrected chi connectivity index (χ4v) is 0.313. The normalized spacial score (nSPS) is 7.79. The van der Waals surface area contributed by atoms with E-state index in [1.807, 2.05) is 18.2 Å². The van der Waals surface area contributed by atoms with Gasteiger partial charge in [0.25, 0.3) is 0 Å². The zero-order chi connectivity index (χ0) is 11.4. The first-order valence-corrected chi connectivity index (χ1v) is 26.5. The second kappa shape index (κ2) is 14.7. The van der Waals surface area contributed by atoms with Crippen molar-refractivity contribution < 1.29 is 0 Å². The van der Waals surface area contributed by atoms with Crippen molar-refractivity contribution in [1.29, 1.82) is 0 Å². The van der Waals surface area contributed by atoms with Crippen LogP contribution in [-0.2, 0) is 0 Å². The molecule has 8 heteroatoms. The molecule has 0 spiro atoms. The largest absolute Gasteiger partial charge is 0.265 e. The number of aromatic nitrogens is 1. The third-order valence-corrected chi connectivity index (χ3v) is 0.566. The van der Waals surface area contributed by atoms with Crippen molar-refractivity contribution in [3.8, 4) is 0 Å². The predicted molar refractivity (Wildman–Crippen MR) is 82.5 cm³/mol. The Morgan fingerprint density at radius 3 is 1.57 bits per heavy atom. The summed E-state index contributed by atoms with van der Waals surface area (Å²) >= 11 is 16.4. The Kier molecular flexibility index (Phi) is 19.0. The van der Waals surface area contributed by atoms with Crippen molar-refractivity contribution >= 4 is 80.5 Å². The van der Waals surface area contributed by atoms with Crippen LogP contribution in [0, 0.1) is 0 Å². The molecule has 0 saturated heterocycles. The number of hydrogen-bond donors (Lipinski definition) is 2. The van der Waals surface area contributed by atoms with Crippen LogP contribution in [0.3, 0.4) is 0 Å². The summed E-state index contributed by atoms with van der Waals surface area (Å²) in [6.45, 7) is 0. The SMILES string of the molecule is NC(=S)S.[Br][Bi]([Br])[Br].c1ccncc1. The molecule has 0 atom stereocenters. The quantitative estimate of drug-likeness (QED) is 0.266. The Morgan fingerprint density at radius 1 is 1.21 bits per heavy atom. The molecule has 0 saturated carbocycles. The number of thiol groups is 1. The molecular formula is C6H8BiBr3N2S2. The van der Waals surface area contributed by atoms with Gasteiger partial charge in [0.2, 0.25) is 0 Å². The minimum Gasteiger partial charge on any atom is -0.265 e. The maximum atomic E-state index is 4.71. The van der Waals surface area contributed by atoms with Gasteiger partial charge in [-0.3, -0.25) is 4.98 Å². The van der Waals surface area contributed by atoms with Gasteiger partial charge in [-0.1, -0.05) is 18.3 Å². The zero-order valence-corrected chi connectivity index (χ0v) is 16.8. The molecule has 0 aliphatic rings. The fourth-order valence-electron chi connectivity index (χ4n) is 0.313. The molecule has 0 radical (unpaired) electrons. The minimum absolute atomic E-state index is 0.194. The third kappa shape index (κ3) is 37.3. The van der Waals surface area contributed by atoms with Crippen molar-refractivity contribution in [2.24, 2.45) is 5.73 Å². The molecule has 1 rings (SSSR count). The van der Waals surface area contributed by atoms with Gasteiger partial charge in [-0.2, -0.15) is 0 Å². The Bertz CT molecular complexity index is 192. The number of nitrogens with two attached hydrogens (primary N) is 1. The van der Waals surface area contributed by atoms with Crippen LogP contribution in [0.15, 0.2) is 30.6 Å². The summed E-state index contributed by atoms with van der Waals surface area (Å²) in [5.74, 6) is 0. The zero-order valence-electron chi connectivity index (χ0n) is 6.85. The minimum atomic E-state index is -1.16. The van der Waals surface area contributed by atoms with E-state index in [1.54, 1.807) is 12.4 Å². The molecule has 0 bridgehead atoms. The third-order valence-electron chi connectivity index (χ3n) is 0.566. The van der Waals surface area contributed by atoms with E-state index in [0.29, 0.717) is 0 Å². The summed E-state index contributed by atoms with van der Waals surface area (Å²) in [6.07, 6.45) is 3.50. The van der Waals surface area contributed by atoms with E-state index in [1.165, 1.54) is 0 Å². The maximum Gasteiger partial charge on any atom is 0.0267 e. The monoisotopic (exact) mass is 618 g/mol. The molecule has 2 N–H and O–H groups in total. The van der Waals surface area contributed by atoms with Gasteiger partial charge < -0.3 is 5.73 Å². The first-order valence-electron chi connectivity index (χ1n) is 3.07. The predicted octanol–water partition coefficient (Wildman–Crippen LogP) is 3.40. The van der Waals surface area contributed by atoms with Crippen LogP contribution >= 0.6 is 61.5 Å². The number of hydrogen-bond acceptors (Lipinski definition) is 2. The van der Waals surface area contributed by atoms with Crippen LogP contribution in [0.4, 0.5) is 0 Å². The van der Waals surface area contributed by atoms with E-state index >= 15 is 0 Å². The molecule has 80 valence electrons. The van der Waals surface area contributed by atoms with Crippen LogP contribution in [0.1, 0.15) is 0 Å². The smallest absolute Gasteiger partial charge is 0.0267 e. The summed E-state index contributed by atoms with van der Waals surface area (Å²) in [6, 6.07) is 5.72. The van der Waals surface area contributed by atoms with Gasteiger partial charge >= 0.3 is 51.4 Å². The molecule has 0 fully saturated rings. The fraction of sp³-hybridized carbons (Fsp3) is 0. The van der Waals surface area contributed by atoms with Crippen molar-refractivity contribution in [1.82, 2.24) is 4.98 Å². The number of nitrogens with zero attached hydrogens (tertiary/aromatic N) is 1. The van der Waals surface area contributed by atoms with Gasteiger partial charge in [0.1, 0.15) is 4.32 Å². The van der Waals surface area contributed by atoms with Crippen molar-refractivity contribution in [2.45, 2.75) is 0 Å². The Morgan fingerprint density at radius 2 is 1.50 bits per heavy atom. The first kappa shape index (κ1) is 18.1. The van der Waals surface area contributed by atoms with E-state index in [4.69, 9.17) is 5.73 Å². The van der Waals surface area contributed by atoms with Gasteiger partial charge in [-0.05, 0) is 12.1 Å². The molecule has 0 unspecified atom stereocenters. The van der Waals surface area contributed by atoms with E-state index in [2.05, 4.69) is 66.5 Å². The van der Waals surface area contributed by atoms with E-state index in [9.17, 15) is 0 Å². The molecule has 1 heterocycles. The Hall–Kier alpha value is 1.71. The summed E-state index contributed by atoms with van der Waals surface area (Å²) in [7, 11) is 0. The van der Waals surface area contributed by atoms with Crippen molar-refractivity contribution in [2.75, 3.05) is 0 Å². The van der Waals surface area contributed by atoms with Crippen LogP contribution in [0.5, 0.6) is 0 Å². The second-order valence-electron chi connectivity index (χ2n) is 1.55. The summed E-state index contributed by atoms with van der Waals surface area (Å²) < 4.78 is 0.194. The van der Waals surface area contributed by atoms with E-state index < -0.39 is 14.7 Å². The summed E-state index contributed by atoms with van der Waals surface area (Å²) in [4.78, 5) is 3.78. The summed E-state index contributed by atoms with van der Waals surface area (Å²) in [5, 5.41) is 0. The molecule has 0 aliphatic carbocycles. The number of pyridine rings is 1. The van der Waals surface area contributed by atoms with Crippen molar-refractivity contribution in [3.63, 3.8) is 0 Å². The van der Waals surface area contributed by atoms with Gasteiger partial charge in [0, 0.05) is 12.4 Å². The molecule has 1 aromatic heterocycles. The average Bonchev–Trinajstić information content (AvgIpc) is 2.05. The number of rotatable bonds is 0. The van der Waals surface area contributed by atoms with Crippen LogP contribution in [0.25, 0.3) is 0 Å². The van der Waals surface area contributed by atoms with Gasteiger partial charge in [-0.25, -0.2) is 0 Å². The molecule has 0 aromatic carbocycles. The molecule has 14 heavy (non-hydrogen) atoms. The van der Waals surface area contributed by atoms with Crippen LogP contribution < -0.4 is 5.73 Å². The molecule has 0 aliphatic heterocycles. The number of halogens is 3. The van der Waals surface area contributed by atoms with Crippen LogP contribution in [-0.4, -0.2) is 24.0 Å². The standard InChI is InChI=1S/C5H5N.CH3NS2.Bi.3BrH/c1-2-4-6-5-3-1;2-1(3)4;;;;/h1-5H;(H3,2,3,4);;3*1H/q;;+3;;;/p-3. The molecular weight excluding hydrogens is 613 g/mol. The molecule has 2 nitrogen and oxygen atoms in total. The van der Waals surface area contributed by atoms with Crippen molar-refractivity contribution in [3.05, 3.63) is 30.6 Å². The van der Waals surface area contributed by atoms with E-state index in [0.717, 1.165) is 0 Å². The average molecular weight is 621 g/mol.